The highest BCUT2D eigenvalue weighted by Crippen LogP contribution is 2.39. The number of amides is 2. The van der Waals surface area contributed by atoms with E-state index < -0.39 is 0 Å². The molecule has 6 heterocycles. The number of hydrogen-bond donors (Lipinski definition) is 4. The number of hydrogen-bond acceptors (Lipinski definition) is 15. The van der Waals surface area contributed by atoms with Crippen molar-refractivity contribution in [3.8, 4) is 46.7 Å². The lowest BCUT2D eigenvalue weighted by atomic mass is 9.95. The molecule has 2 amide bonds. The Hall–Kier alpha value is -7.46. The van der Waals surface area contributed by atoms with Crippen molar-refractivity contribution in [3.05, 3.63) is 113 Å². The van der Waals surface area contributed by atoms with E-state index in [2.05, 4.69) is 66.0 Å². The van der Waals surface area contributed by atoms with Crippen LogP contribution in [0.1, 0.15) is 48.1 Å². The Morgan fingerprint density at radius 1 is 0.932 bits per heavy atom. The number of aromatic hydroxyl groups is 3. The molecule has 1 unspecified atom stereocenters. The molecule has 0 radical (unpaired) electrons. The number of rotatable bonds is 13. The molecule has 3 atom stereocenters. The number of fused-ring (bicyclic) bond motifs is 2. The molecule has 4 aromatic carbocycles. The minimum atomic E-state index is -0.327. The molecule has 0 bridgehead atoms. The van der Waals surface area contributed by atoms with Gasteiger partial charge < -0.3 is 40.1 Å². The van der Waals surface area contributed by atoms with Gasteiger partial charge in [0.05, 0.1) is 47.0 Å². The van der Waals surface area contributed by atoms with Gasteiger partial charge in [-0.1, -0.05) is 59.7 Å². The summed E-state index contributed by atoms with van der Waals surface area (Å²) in [6, 6.07) is 24.5. The lowest BCUT2D eigenvalue weighted by Crippen LogP contribution is -2.55. The highest BCUT2D eigenvalue weighted by atomic mass is 35.5. The molecule has 6 aromatic rings. The van der Waals surface area contributed by atoms with E-state index in [0.717, 1.165) is 71.6 Å². The maximum Gasteiger partial charge on any atom is 0.319 e. The van der Waals surface area contributed by atoms with E-state index in [9.17, 15) is 30.2 Å². The number of piperazine rings is 1. The van der Waals surface area contributed by atoms with Crippen molar-refractivity contribution >= 4 is 45.7 Å². The second-order valence-corrected chi connectivity index (χ2v) is 20.0. The van der Waals surface area contributed by atoms with Gasteiger partial charge >= 0.3 is 12.0 Å². The van der Waals surface area contributed by atoms with Crippen LogP contribution >= 0.6 is 11.6 Å². The summed E-state index contributed by atoms with van der Waals surface area (Å²) < 4.78 is 7.97. The number of nitrogens with zero attached hydrogens (tertiary/aromatic N) is 11. The molecule has 3 saturated heterocycles. The van der Waals surface area contributed by atoms with Crippen LogP contribution < -0.4 is 19.9 Å². The van der Waals surface area contributed by atoms with Crippen molar-refractivity contribution in [2.24, 2.45) is 5.92 Å². The molecule has 378 valence electrons. The molecule has 73 heavy (non-hydrogen) atoms. The van der Waals surface area contributed by atoms with Crippen LogP contribution in [0.15, 0.2) is 85.5 Å². The van der Waals surface area contributed by atoms with Crippen LogP contribution in [0.25, 0.3) is 27.8 Å². The van der Waals surface area contributed by atoms with E-state index in [1.807, 2.05) is 49.5 Å². The molecule has 2 aromatic heterocycles. The number of likely N-dealkylation sites (N-methyl/N-ethyl adjacent to an activating group) is 1. The number of halogens is 1. The Morgan fingerprint density at radius 3 is 2.48 bits per heavy atom. The van der Waals surface area contributed by atoms with Gasteiger partial charge in [0.2, 0.25) is 11.8 Å². The Balaban J connectivity index is 0.764. The van der Waals surface area contributed by atoms with Gasteiger partial charge in [0, 0.05) is 80.0 Å². The molecular weight excluding hydrogens is 948 g/mol. The summed E-state index contributed by atoms with van der Waals surface area (Å²) >= 11 is 6.80. The van der Waals surface area contributed by atoms with E-state index in [-0.39, 0.29) is 71.6 Å². The first-order valence-corrected chi connectivity index (χ1v) is 25.2. The van der Waals surface area contributed by atoms with Gasteiger partial charge in [-0.15, -0.1) is 5.10 Å². The Bertz CT molecular complexity index is 3090. The number of nitrogens with one attached hydrogen (secondary N) is 1. The number of aryl methyl sites for hydroxylation is 1. The highest BCUT2D eigenvalue weighted by Gasteiger charge is 2.36. The summed E-state index contributed by atoms with van der Waals surface area (Å²) in [5, 5.41) is 55.0. The summed E-state index contributed by atoms with van der Waals surface area (Å²) in [5.41, 5.74) is 5.48. The van der Waals surface area contributed by atoms with Crippen LogP contribution in [0.4, 0.5) is 11.5 Å². The topological polar surface area (TPSA) is 213 Å². The second-order valence-electron chi connectivity index (χ2n) is 19.6. The first kappa shape index (κ1) is 49.1. The van der Waals surface area contributed by atoms with Crippen molar-refractivity contribution in [1.29, 1.82) is 5.26 Å². The molecule has 4 aliphatic heterocycles. The number of nitriles is 1. The van der Waals surface area contributed by atoms with Crippen molar-refractivity contribution < 1.29 is 29.6 Å². The minimum Gasteiger partial charge on any atom is -0.508 e. The Morgan fingerprint density at radius 2 is 1.71 bits per heavy atom. The van der Waals surface area contributed by atoms with Crippen LogP contribution in [0, 0.1) is 24.2 Å². The second kappa shape index (κ2) is 20.9. The summed E-state index contributed by atoms with van der Waals surface area (Å²) in [7, 11) is 2.05. The zero-order valence-corrected chi connectivity index (χ0v) is 41.7. The standard InChI is InChI=1S/C54H59ClN12O6/c1-4-48(70)66-24-23-65(30-39(66)15-19-56)50-41-18-22-64(45-10-6-8-35-7-5-9-43(55)49(35)45)31-44(41)58-53(59-50)73-32-40-26-37(29-62(40)3)57-52(71)36-16-20-63(21-17-36)28-34-11-13-38(14-12-34)67-51(60-61-54(67)72)42-25-33(2)46(68)27-47(42)69/h4-14,25,27,36-37,39-40,68-69H,1,15-18,20-24,26,28-32H2,2-3H3,(H,57,71)(H,61,72)/t37-,39?,40+/m1/s1. The molecule has 0 spiro atoms. The average molecular weight is 1010 g/mol. The van der Waals surface area contributed by atoms with Crippen molar-refractivity contribution in [1.82, 2.24) is 44.7 Å². The molecule has 0 saturated carbocycles. The number of likely N-dealkylation sites (tertiary alicyclic amines) is 2. The van der Waals surface area contributed by atoms with Crippen molar-refractivity contribution in [2.45, 2.75) is 70.2 Å². The van der Waals surface area contributed by atoms with Gasteiger partial charge in [-0.2, -0.15) is 15.2 Å². The number of benzene rings is 4. The monoisotopic (exact) mass is 1010 g/mol. The summed E-state index contributed by atoms with van der Waals surface area (Å²) in [6.45, 7) is 11.3. The molecule has 19 heteroatoms. The summed E-state index contributed by atoms with van der Waals surface area (Å²) in [5.74, 6) is 0.575. The first-order chi connectivity index (χ1) is 35.3. The van der Waals surface area contributed by atoms with Crippen molar-refractivity contribution in [2.75, 3.05) is 69.3 Å². The van der Waals surface area contributed by atoms with E-state index in [1.54, 1.807) is 17.9 Å². The zero-order valence-electron chi connectivity index (χ0n) is 41.0. The van der Waals surface area contributed by atoms with Crippen LogP contribution in [-0.4, -0.2) is 144 Å². The fraction of sp³-hybridized carbons (Fsp3) is 0.389. The van der Waals surface area contributed by atoms with Gasteiger partial charge in [0.15, 0.2) is 5.82 Å². The number of phenols is 2. The molecule has 0 aliphatic carbocycles. The predicted octanol–water partition coefficient (Wildman–Crippen LogP) is 6.12. The highest BCUT2D eigenvalue weighted by molar-refractivity contribution is 6.36. The maximum atomic E-state index is 13.7. The third kappa shape index (κ3) is 10.2. The van der Waals surface area contributed by atoms with Crippen LogP contribution in [0.2, 0.25) is 5.02 Å². The number of aromatic nitrogens is 5. The van der Waals surface area contributed by atoms with Gasteiger partial charge in [0.25, 0.3) is 0 Å². The fourth-order valence-electron chi connectivity index (χ4n) is 11.0. The molecule has 3 fully saturated rings. The predicted molar refractivity (Wildman–Crippen MR) is 277 cm³/mol. The number of carbonyl (C=O) groups excluding carboxylic acids is 2. The molecule has 4 aliphatic rings. The smallest absolute Gasteiger partial charge is 0.319 e. The minimum absolute atomic E-state index is 0.00848. The van der Waals surface area contributed by atoms with Crippen molar-refractivity contribution in [3.63, 3.8) is 0 Å². The largest absolute Gasteiger partial charge is 0.508 e. The number of carbonyl (C=O) groups is 2. The number of phenolic OH excluding ortho intramolecular Hbond substituents is 2. The number of piperidine rings is 1. The molecule has 18 nitrogen and oxygen atoms in total. The van der Waals surface area contributed by atoms with Gasteiger partial charge in [-0.25, -0.2) is 4.57 Å². The zero-order chi connectivity index (χ0) is 50.9. The maximum absolute atomic E-state index is 13.7. The average Bonchev–Trinajstić information content (AvgIpc) is 3.96. The molecular formula is C54H59ClN12O6. The van der Waals surface area contributed by atoms with Gasteiger partial charge in [-0.05, 0) is 106 Å². The number of anilines is 2. The van der Waals surface area contributed by atoms with E-state index >= 15 is 0 Å². The summed E-state index contributed by atoms with van der Waals surface area (Å²) in [6.07, 6.45) is 4.37. The van der Waals surface area contributed by atoms with E-state index in [0.29, 0.717) is 80.6 Å². The fourth-order valence-corrected chi connectivity index (χ4v) is 11.3. The SMILES string of the molecule is C=CC(=O)N1CCN(c2nc(OC[C@@H]3C[C@@H](NC(=O)C4CCN(Cc5ccc(-n6c(O)nnc6-c6cc(C)c(O)cc6O)cc5)CC4)CN3C)nc3c2CCN(c2cccc4cccc(Cl)c24)C3)CC1CC#N. The lowest BCUT2D eigenvalue weighted by Gasteiger charge is -2.42. The van der Waals surface area contributed by atoms with E-state index in [1.165, 1.54) is 16.7 Å². The van der Waals surface area contributed by atoms with Crippen LogP contribution in [-0.2, 0) is 29.1 Å². The normalized spacial score (nSPS) is 19.7. The Kier molecular flexibility index (Phi) is 14.1. The van der Waals surface area contributed by atoms with E-state index in [4.69, 9.17) is 26.3 Å². The number of ether oxygens (including phenoxy) is 1. The summed E-state index contributed by atoms with van der Waals surface area (Å²) in [4.78, 5) is 47.4. The van der Waals surface area contributed by atoms with Gasteiger partial charge in [-0.3, -0.25) is 19.4 Å². The lowest BCUT2D eigenvalue weighted by molar-refractivity contribution is -0.128. The first-order valence-electron chi connectivity index (χ1n) is 24.8. The third-order valence-corrected chi connectivity index (χ3v) is 15.3. The Labute approximate surface area is 428 Å². The van der Waals surface area contributed by atoms with Gasteiger partial charge in [0.1, 0.15) is 23.9 Å². The molecule has 4 N–H and O–H groups in total. The van der Waals surface area contributed by atoms with Crippen LogP contribution in [0.5, 0.6) is 23.5 Å². The molecule has 10 rings (SSSR count). The quantitative estimate of drug-likeness (QED) is 0.0961. The van der Waals surface area contributed by atoms with Crippen LogP contribution in [0.3, 0.4) is 0 Å². The third-order valence-electron chi connectivity index (χ3n) is 15.0.